The van der Waals surface area contributed by atoms with Gasteiger partial charge >= 0.3 is 11.8 Å². The van der Waals surface area contributed by atoms with E-state index >= 15 is 0 Å². The highest BCUT2D eigenvalue weighted by Gasteiger charge is 2.18. The van der Waals surface area contributed by atoms with Gasteiger partial charge in [-0.05, 0) is 48.5 Å². The molecule has 0 aromatic heterocycles. The number of nitrogens with zero attached hydrogens (tertiary/aromatic N) is 2. The molecular weight excluding hydrogens is 392 g/mol. The first-order valence-corrected chi connectivity index (χ1v) is 9.89. The Bertz CT molecular complexity index is 819. The predicted octanol–water partition coefficient (Wildman–Crippen LogP) is 2.23. The third kappa shape index (κ3) is 6.10. The number of carbonyl (C=O) groups is 2. The highest BCUT2D eigenvalue weighted by Crippen LogP contribution is 2.19. The van der Waals surface area contributed by atoms with E-state index in [2.05, 4.69) is 20.4 Å². The second-order valence-corrected chi connectivity index (χ2v) is 7.18. The fourth-order valence-corrected chi connectivity index (χ4v) is 3.28. The van der Waals surface area contributed by atoms with Crippen molar-refractivity contribution < 1.29 is 14.3 Å². The van der Waals surface area contributed by atoms with Crippen LogP contribution in [0, 0.1) is 0 Å². The molecule has 0 spiro atoms. The maximum atomic E-state index is 12.0. The fourth-order valence-electron chi connectivity index (χ4n) is 3.15. The molecule has 2 aromatic carbocycles. The monoisotopic (exact) mass is 416 g/mol. The molecule has 0 bridgehead atoms. The van der Waals surface area contributed by atoms with E-state index in [1.807, 2.05) is 24.3 Å². The van der Waals surface area contributed by atoms with Gasteiger partial charge in [0.2, 0.25) is 0 Å². The summed E-state index contributed by atoms with van der Waals surface area (Å²) < 4.78 is 5.06. The molecule has 1 heterocycles. The number of ether oxygens (including phenoxy) is 1. The van der Waals surface area contributed by atoms with Crippen molar-refractivity contribution in [3.8, 4) is 5.75 Å². The third-order valence-electron chi connectivity index (χ3n) is 4.83. The summed E-state index contributed by atoms with van der Waals surface area (Å²) in [6.45, 7) is 4.75. The minimum absolute atomic E-state index is 0.426. The van der Waals surface area contributed by atoms with Gasteiger partial charge in [0.25, 0.3) is 0 Å². The van der Waals surface area contributed by atoms with Crippen LogP contribution in [0.4, 0.5) is 11.4 Å². The molecule has 0 unspecified atom stereocenters. The minimum atomic E-state index is -0.678. The van der Waals surface area contributed by atoms with Crippen LogP contribution in [0.1, 0.15) is 0 Å². The van der Waals surface area contributed by atoms with Crippen LogP contribution in [0.15, 0.2) is 48.5 Å². The first kappa shape index (κ1) is 21.0. The smallest absolute Gasteiger partial charge is 0.313 e. The minimum Gasteiger partial charge on any atom is -0.497 e. The van der Waals surface area contributed by atoms with E-state index in [0.717, 1.165) is 36.9 Å². The van der Waals surface area contributed by atoms with Gasteiger partial charge in [-0.1, -0.05) is 11.6 Å². The van der Waals surface area contributed by atoms with Crippen molar-refractivity contribution in [1.29, 1.82) is 0 Å². The standard InChI is InChI=1S/C21H25ClN4O3/c1-29-19-8-4-17(5-9-19)24-21(28)20(27)23-10-11-25-12-14-26(15-13-25)18-6-2-16(22)3-7-18/h2-9H,10-15H2,1H3,(H,23,27)(H,24,28). The Morgan fingerprint density at radius 2 is 1.62 bits per heavy atom. The number of amides is 2. The Morgan fingerprint density at radius 3 is 2.24 bits per heavy atom. The number of piperazine rings is 1. The highest BCUT2D eigenvalue weighted by atomic mass is 35.5. The van der Waals surface area contributed by atoms with Crippen molar-refractivity contribution >= 4 is 34.8 Å². The molecule has 0 aliphatic carbocycles. The zero-order valence-corrected chi connectivity index (χ0v) is 17.1. The quantitative estimate of drug-likeness (QED) is 0.706. The molecule has 0 saturated carbocycles. The summed E-state index contributed by atoms with van der Waals surface area (Å²) in [6, 6.07) is 14.7. The van der Waals surface area contributed by atoms with Crippen molar-refractivity contribution in [3.63, 3.8) is 0 Å². The van der Waals surface area contributed by atoms with E-state index in [-0.39, 0.29) is 0 Å². The molecule has 1 saturated heterocycles. The summed E-state index contributed by atoms with van der Waals surface area (Å²) in [4.78, 5) is 28.6. The van der Waals surface area contributed by atoms with Crippen molar-refractivity contribution in [2.24, 2.45) is 0 Å². The van der Waals surface area contributed by atoms with E-state index in [1.165, 1.54) is 0 Å². The largest absolute Gasteiger partial charge is 0.497 e. The highest BCUT2D eigenvalue weighted by molar-refractivity contribution is 6.39. The van der Waals surface area contributed by atoms with Crippen LogP contribution >= 0.6 is 11.6 Å². The molecule has 1 fully saturated rings. The zero-order chi connectivity index (χ0) is 20.6. The second-order valence-electron chi connectivity index (χ2n) is 6.74. The van der Waals surface area contributed by atoms with Crippen LogP contribution in [-0.2, 0) is 9.59 Å². The molecule has 7 nitrogen and oxygen atoms in total. The summed E-state index contributed by atoms with van der Waals surface area (Å²) >= 11 is 5.94. The van der Waals surface area contributed by atoms with E-state index in [4.69, 9.17) is 16.3 Å². The predicted molar refractivity (Wildman–Crippen MR) is 115 cm³/mol. The Hall–Kier alpha value is -2.77. The van der Waals surface area contributed by atoms with E-state index < -0.39 is 11.8 Å². The molecule has 2 amide bonds. The molecule has 0 atom stereocenters. The Labute approximate surface area is 175 Å². The van der Waals surface area contributed by atoms with Crippen LogP contribution in [0.25, 0.3) is 0 Å². The maximum Gasteiger partial charge on any atom is 0.313 e. The van der Waals surface area contributed by atoms with Crippen molar-refractivity contribution in [1.82, 2.24) is 10.2 Å². The average Bonchev–Trinajstić information content (AvgIpc) is 2.75. The normalized spacial score (nSPS) is 14.3. The number of carbonyl (C=O) groups excluding carboxylic acids is 2. The average molecular weight is 417 g/mol. The van der Waals surface area contributed by atoms with E-state index in [0.29, 0.717) is 24.5 Å². The van der Waals surface area contributed by atoms with Crippen LogP contribution in [-0.4, -0.2) is 63.1 Å². The number of anilines is 2. The summed E-state index contributed by atoms with van der Waals surface area (Å²) in [5.41, 5.74) is 1.71. The number of halogens is 1. The molecule has 2 aromatic rings. The molecule has 29 heavy (non-hydrogen) atoms. The van der Waals surface area contributed by atoms with Gasteiger partial charge in [0, 0.05) is 55.7 Å². The first-order valence-electron chi connectivity index (χ1n) is 9.51. The van der Waals surface area contributed by atoms with Gasteiger partial charge in [0.05, 0.1) is 7.11 Å². The summed E-state index contributed by atoms with van der Waals surface area (Å²) in [7, 11) is 1.57. The van der Waals surface area contributed by atoms with Crippen molar-refractivity contribution in [3.05, 3.63) is 53.6 Å². The number of hydrogen-bond acceptors (Lipinski definition) is 5. The number of benzene rings is 2. The lowest BCUT2D eigenvalue weighted by molar-refractivity contribution is -0.136. The van der Waals surface area contributed by atoms with Crippen LogP contribution in [0.5, 0.6) is 5.75 Å². The molecule has 8 heteroatoms. The molecular formula is C21H25ClN4O3. The first-order chi connectivity index (χ1) is 14.0. The van der Waals surface area contributed by atoms with Gasteiger partial charge < -0.3 is 20.3 Å². The molecule has 3 rings (SSSR count). The van der Waals surface area contributed by atoms with Gasteiger partial charge in [-0.25, -0.2) is 0 Å². The van der Waals surface area contributed by atoms with Crippen LogP contribution in [0.2, 0.25) is 5.02 Å². The topological polar surface area (TPSA) is 73.9 Å². The third-order valence-corrected chi connectivity index (χ3v) is 5.08. The summed E-state index contributed by atoms with van der Waals surface area (Å²) in [6.07, 6.45) is 0. The van der Waals surface area contributed by atoms with Crippen molar-refractivity contribution in [2.45, 2.75) is 0 Å². The van der Waals surface area contributed by atoms with Crippen molar-refractivity contribution in [2.75, 3.05) is 56.6 Å². The molecule has 2 N–H and O–H groups in total. The molecule has 1 aliphatic heterocycles. The Balaban J connectivity index is 1.35. The lowest BCUT2D eigenvalue weighted by atomic mass is 10.2. The van der Waals surface area contributed by atoms with Crippen LogP contribution in [0.3, 0.4) is 0 Å². The van der Waals surface area contributed by atoms with Gasteiger partial charge in [0.1, 0.15) is 5.75 Å². The SMILES string of the molecule is COc1ccc(NC(=O)C(=O)NCCN2CCN(c3ccc(Cl)cc3)CC2)cc1. The molecule has 1 aliphatic rings. The number of hydrogen-bond donors (Lipinski definition) is 2. The molecule has 154 valence electrons. The number of rotatable bonds is 6. The zero-order valence-electron chi connectivity index (χ0n) is 16.4. The lowest BCUT2D eigenvalue weighted by Crippen LogP contribution is -2.49. The van der Waals surface area contributed by atoms with Crippen LogP contribution < -0.4 is 20.3 Å². The Kier molecular flexibility index (Phi) is 7.32. The maximum absolute atomic E-state index is 12.0. The molecule has 0 radical (unpaired) electrons. The number of methoxy groups -OCH3 is 1. The Morgan fingerprint density at radius 1 is 0.966 bits per heavy atom. The summed E-state index contributed by atoms with van der Waals surface area (Å²) in [5, 5.41) is 5.98. The number of nitrogens with one attached hydrogen (secondary N) is 2. The van der Waals surface area contributed by atoms with E-state index in [1.54, 1.807) is 31.4 Å². The van der Waals surface area contributed by atoms with Gasteiger partial charge in [-0.15, -0.1) is 0 Å². The van der Waals surface area contributed by atoms with E-state index in [9.17, 15) is 9.59 Å². The van der Waals surface area contributed by atoms with Gasteiger partial charge in [-0.2, -0.15) is 0 Å². The fraction of sp³-hybridized carbons (Fsp3) is 0.333. The second kappa shape index (κ2) is 10.1. The van der Waals surface area contributed by atoms with Gasteiger partial charge in [0.15, 0.2) is 0 Å². The lowest BCUT2D eigenvalue weighted by Gasteiger charge is -2.36. The summed E-state index contributed by atoms with van der Waals surface area (Å²) in [5.74, 6) is -0.632. The van der Waals surface area contributed by atoms with Gasteiger partial charge in [-0.3, -0.25) is 14.5 Å².